The van der Waals surface area contributed by atoms with Gasteiger partial charge in [-0.25, -0.2) is 24.1 Å². The van der Waals surface area contributed by atoms with Crippen LogP contribution in [0.5, 0.6) is 0 Å². The number of hydrogen-bond acceptors (Lipinski definition) is 6. The molecule has 2 heterocycles. The van der Waals surface area contributed by atoms with E-state index in [1.165, 1.54) is 21.2 Å². The van der Waals surface area contributed by atoms with Crippen LogP contribution < -0.4 is 11.4 Å². The highest BCUT2D eigenvalue weighted by Gasteiger charge is 2.26. The molecule has 3 aromatic rings. The Morgan fingerprint density at radius 2 is 1.93 bits per heavy atom. The summed E-state index contributed by atoms with van der Waals surface area (Å²) in [6.45, 7) is 6.12. The van der Waals surface area contributed by atoms with Crippen molar-refractivity contribution >= 4 is 34.8 Å². The minimum Gasteiger partial charge on any atom is -0.382 e. The SMILES string of the molecule is CCCSc1nc(N)c2c(n1)n(Cc1ccccc1)c(=O)n2C(=O)N(C)C(C)C. The zero-order chi connectivity index (χ0) is 21.1. The van der Waals surface area contributed by atoms with E-state index >= 15 is 0 Å². The average molecular weight is 415 g/mol. The van der Waals surface area contributed by atoms with Crippen LogP contribution in [0.25, 0.3) is 11.2 Å². The van der Waals surface area contributed by atoms with Crippen LogP contribution in [0.15, 0.2) is 40.3 Å². The average Bonchev–Trinajstić information content (AvgIpc) is 2.98. The Kier molecular flexibility index (Phi) is 6.26. The Labute approximate surface area is 173 Å². The number of nitrogens with two attached hydrogens (primary N) is 1. The molecule has 1 amide bonds. The molecule has 3 rings (SSSR count). The van der Waals surface area contributed by atoms with E-state index in [2.05, 4.69) is 16.9 Å². The van der Waals surface area contributed by atoms with Crippen LogP contribution >= 0.6 is 11.8 Å². The van der Waals surface area contributed by atoms with Gasteiger partial charge in [-0.05, 0) is 25.8 Å². The number of fused-ring (bicyclic) bond motifs is 1. The number of aromatic nitrogens is 4. The summed E-state index contributed by atoms with van der Waals surface area (Å²) in [6, 6.07) is 9.04. The summed E-state index contributed by atoms with van der Waals surface area (Å²) in [7, 11) is 1.66. The van der Waals surface area contributed by atoms with Crippen LogP contribution in [-0.2, 0) is 6.54 Å². The number of carbonyl (C=O) groups is 1. The van der Waals surface area contributed by atoms with Crippen molar-refractivity contribution in [3.05, 3.63) is 46.4 Å². The van der Waals surface area contributed by atoms with E-state index < -0.39 is 11.7 Å². The van der Waals surface area contributed by atoms with E-state index in [1.54, 1.807) is 7.05 Å². The van der Waals surface area contributed by atoms with E-state index in [-0.39, 0.29) is 23.9 Å². The van der Waals surface area contributed by atoms with Crippen LogP contribution in [0.3, 0.4) is 0 Å². The summed E-state index contributed by atoms with van der Waals surface area (Å²) >= 11 is 1.48. The smallest absolute Gasteiger partial charge is 0.339 e. The molecule has 0 unspecified atom stereocenters. The second-order valence-corrected chi connectivity index (χ2v) is 8.15. The van der Waals surface area contributed by atoms with E-state index in [4.69, 9.17) is 5.73 Å². The molecule has 0 fully saturated rings. The van der Waals surface area contributed by atoms with Gasteiger partial charge in [0.05, 0.1) is 6.54 Å². The number of carbonyl (C=O) groups excluding carboxylic acids is 1. The Morgan fingerprint density at radius 1 is 1.24 bits per heavy atom. The van der Waals surface area contributed by atoms with Gasteiger partial charge >= 0.3 is 11.7 Å². The molecular formula is C20H26N6O2S. The Bertz CT molecular complexity index is 1070. The fourth-order valence-corrected chi connectivity index (χ4v) is 3.57. The minimum atomic E-state index is -0.472. The molecule has 8 nitrogen and oxygen atoms in total. The molecule has 1 aromatic carbocycles. The van der Waals surface area contributed by atoms with Crippen molar-refractivity contribution in [2.75, 3.05) is 18.5 Å². The highest BCUT2D eigenvalue weighted by Crippen LogP contribution is 2.23. The van der Waals surface area contributed by atoms with Gasteiger partial charge in [0.2, 0.25) is 0 Å². The number of imidazole rings is 1. The van der Waals surface area contributed by atoms with Crippen molar-refractivity contribution in [3.8, 4) is 0 Å². The molecule has 2 aromatic heterocycles. The van der Waals surface area contributed by atoms with Crippen molar-refractivity contribution in [2.24, 2.45) is 0 Å². The fourth-order valence-electron chi connectivity index (χ4n) is 2.87. The number of anilines is 1. The topological polar surface area (TPSA) is 99.0 Å². The van der Waals surface area contributed by atoms with Crippen molar-refractivity contribution in [1.82, 2.24) is 24.0 Å². The molecule has 0 aliphatic rings. The quantitative estimate of drug-likeness (QED) is 0.492. The lowest BCUT2D eigenvalue weighted by Gasteiger charge is -2.21. The fraction of sp³-hybridized carbons (Fsp3) is 0.400. The monoisotopic (exact) mass is 414 g/mol. The molecule has 0 spiro atoms. The standard InChI is InChI=1S/C20H26N6O2S/c1-5-11-29-18-22-16(21)15-17(23-18)25(12-14-9-7-6-8-10-14)20(28)26(15)19(27)24(4)13(2)3/h6-10,13H,5,11-12H2,1-4H3,(H2,21,22,23). The van der Waals surface area contributed by atoms with Gasteiger partial charge in [-0.15, -0.1) is 0 Å². The zero-order valence-electron chi connectivity index (χ0n) is 17.1. The largest absolute Gasteiger partial charge is 0.382 e. The normalized spacial score (nSPS) is 11.3. The highest BCUT2D eigenvalue weighted by molar-refractivity contribution is 7.99. The summed E-state index contributed by atoms with van der Waals surface area (Å²) in [6.07, 6.45) is 0.960. The van der Waals surface area contributed by atoms with Gasteiger partial charge in [-0.3, -0.25) is 4.57 Å². The molecule has 0 radical (unpaired) electrons. The van der Waals surface area contributed by atoms with Crippen LogP contribution in [-0.4, -0.2) is 48.9 Å². The van der Waals surface area contributed by atoms with Crippen LogP contribution in [0.2, 0.25) is 0 Å². The molecular weight excluding hydrogens is 388 g/mol. The summed E-state index contributed by atoms with van der Waals surface area (Å²) in [5.41, 5.74) is 7.29. The molecule has 0 bridgehead atoms. The highest BCUT2D eigenvalue weighted by atomic mass is 32.2. The minimum absolute atomic E-state index is 0.0801. The maximum Gasteiger partial charge on any atom is 0.339 e. The molecule has 0 atom stereocenters. The van der Waals surface area contributed by atoms with E-state index in [0.29, 0.717) is 10.8 Å². The van der Waals surface area contributed by atoms with E-state index in [0.717, 1.165) is 22.3 Å². The first-order valence-corrected chi connectivity index (χ1v) is 10.6. The molecule has 9 heteroatoms. The third-order valence-corrected chi connectivity index (χ3v) is 5.71. The summed E-state index contributed by atoms with van der Waals surface area (Å²) in [5, 5.41) is 0.500. The van der Waals surface area contributed by atoms with Crippen molar-refractivity contribution in [2.45, 2.75) is 44.9 Å². The Morgan fingerprint density at radius 3 is 2.55 bits per heavy atom. The second-order valence-electron chi connectivity index (χ2n) is 7.09. The molecule has 2 N–H and O–H groups in total. The Hall–Kier alpha value is -2.81. The van der Waals surface area contributed by atoms with Gasteiger partial charge in [0.25, 0.3) is 0 Å². The number of nitrogen functional groups attached to an aromatic ring is 1. The third kappa shape index (κ3) is 4.14. The van der Waals surface area contributed by atoms with Gasteiger partial charge in [0.15, 0.2) is 16.6 Å². The number of hydrogen-bond donors (Lipinski definition) is 1. The lowest BCUT2D eigenvalue weighted by Crippen LogP contribution is -2.41. The van der Waals surface area contributed by atoms with Gasteiger partial charge < -0.3 is 10.6 Å². The molecule has 0 aliphatic heterocycles. The second kappa shape index (κ2) is 8.69. The Balaban J connectivity index is 2.24. The van der Waals surface area contributed by atoms with Crippen molar-refractivity contribution in [3.63, 3.8) is 0 Å². The molecule has 29 heavy (non-hydrogen) atoms. The summed E-state index contributed by atoms with van der Waals surface area (Å²) in [4.78, 5) is 36.7. The van der Waals surface area contributed by atoms with E-state index in [9.17, 15) is 9.59 Å². The first-order chi connectivity index (χ1) is 13.8. The first-order valence-electron chi connectivity index (χ1n) is 9.57. The van der Waals surface area contributed by atoms with Gasteiger partial charge in [0.1, 0.15) is 5.52 Å². The van der Waals surface area contributed by atoms with E-state index in [1.807, 2.05) is 44.2 Å². The number of nitrogens with zero attached hydrogens (tertiary/aromatic N) is 5. The van der Waals surface area contributed by atoms with Gasteiger partial charge in [0, 0.05) is 18.8 Å². The molecule has 0 saturated heterocycles. The molecule has 154 valence electrons. The lowest BCUT2D eigenvalue weighted by atomic mass is 10.2. The van der Waals surface area contributed by atoms with Gasteiger partial charge in [-0.1, -0.05) is 49.0 Å². The maximum absolute atomic E-state index is 13.3. The predicted molar refractivity (Wildman–Crippen MR) is 116 cm³/mol. The maximum atomic E-state index is 13.3. The van der Waals surface area contributed by atoms with Crippen LogP contribution in [0, 0.1) is 0 Å². The molecule has 0 aliphatic carbocycles. The van der Waals surface area contributed by atoms with Crippen molar-refractivity contribution in [1.29, 1.82) is 0 Å². The third-order valence-electron chi connectivity index (χ3n) is 4.66. The number of benzene rings is 1. The van der Waals surface area contributed by atoms with Crippen molar-refractivity contribution < 1.29 is 4.79 Å². The van der Waals surface area contributed by atoms with Gasteiger partial charge in [-0.2, -0.15) is 0 Å². The lowest BCUT2D eigenvalue weighted by molar-refractivity contribution is 0.199. The predicted octanol–water partition coefficient (Wildman–Crippen LogP) is 3.03. The van der Waals surface area contributed by atoms with Crippen LogP contribution in [0.1, 0.15) is 32.8 Å². The van der Waals surface area contributed by atoms with Crippen LogP contribution in [0.4, 0.5) is 10.6 Å². The summed E-state index contributed by atoms with van der Waals surface area (Å²) in [5.74, 6) is 0.965. The number of thioether (sulfide) groups is 1. The number of amides is 1. The molecule has 0 saturated carbocycles. The summed E-state index contributed by atoms with van der Waals surface area (Å²) < 4.78 is 2.58. The number of rotatable bonds is 6. The zero-order valence-corrected chi connectivity index (χ0v) is 17.9. The first kappa shape index (κ1) is 20.9.